The molecule has 0 fully saturated rings. The van der Waals surface area contributed by atoms with Gasteiger partial charge >= 0.3 is 0 Å². The summed E-state index contributed by atoms with van der Waals surface area (Å²) >= 11 is 3.45. The Bertz CT molecular complexity index is 736. The number of furan rings is 1. The van der Waals surface area contributed by atoms with Gasteiger partial charge in [0.2, 0.25) is 0 Å². The second-order valence-electron chi connectivity index (χ2n) is 4.61. The van der Waals surface area contributed by atoms with Crippen molar-refractivity contribution in [3.8, 4) is 0 Å². The van der Waals surface area contributed by atoms with Gasteiger partial charge in [-0.25, -0.2) is 0 Å². The Morgan fingerprint density at radius 3 is 2.85 bits per heavy atom. The first-order chi connectivity index (χ1) is 9.76. The number of nitrogens with zero attached hydrogens (tertiary/aromatic N) is 1. The minimum Gasteiger partial charge on any atom is -0.464 e. The molecule has 102 valence electrons. The number of aryl methyl sites for hydroxylation is 1. The average molecular weight is 331 g/mol. The van der Waals surface area contributed by atoms with E-state index in [4.69, 9.17) is 4.42 Å². The summed E-state index contributed by atoms with van der Waals surface area (Å²) in [6.07, 6.45) is 2.74. The lowest BCUT2D eigenvalue weighted by Gasteiger charge is -2.08. The zero-order valence-electron chi connectivity index (χ0n) is 11.2. The van der Waals surface area contributed by atoms with E-state index in [2.05, 4.69) is 45.3 Å². The Morgan fingerprint density at radius 1 is 1.20 bits per heavy atom. The molecule has 2 aromatic heterocycles. The molecule has 3 aromatic rings. The highest BCUT2D eigenvalue weighted by Gasteiger charge is 2.04. The lowest BCUT2D eigenvalue weighted by molar-refractivity contribution is 0.476. The Hall–Kier alpha value is -1.81. The third-order valence-electron chi connectivity index (χ3n) is 3.20. The first-order valence-electron chi connectivity index (χ1n) is 6.62. The number of para-hydroxylation sites is 1. The number of fused-ring (bicyclic) bond motifs is 1. The van der Waals surface area contributed by atoms with Crippen LogP contribution >= 0.6 is 15.9 Å². The fourth-order valence-corrected chi connectivity index (χ4v) is 2.52. The smallest absolute Gasteiger partial charge is 0.123 e. The summed E-state index contributed by atoms with van der Waals surface area (Å²) in [5.74, 6) is 1.96. The number of aromatic nitrogens is 1. The number of rotatable bonds is 4. The van der Waals surface area contributed by atoms with Gasteiger partial charge in [0, 0.05) is 22.5 Å². The van der Waals surface area contributed by atoms with Crippen molar-refractivity contribution in [3.63, 3.8) is 0 Å². The van der Waals surface area contributed by atoms with Crippen molar-refractivity contribution in [2.75, 3.05) is 5.32 Å². The zero-order chi connectivity index (χ0) is 13.9. The van der Waals surface area contributed by atoms with Crippen molar-refractivity contribution in [1.29, 1.82) is 0 Å². The normalized spacial score (nSPS) is 10.9. The quantitative estimate of drug-likeness (QED) is 0.749. The molecule has 0 aliphatic carbocycles. The second-order valence-corrected chi connectivity index (χ2v) is 5.52. The van der Waals surface area contributed by atoms with E-state index in [0.29, 0.717) is 6.54 Å². The topological polar surface area (TPSA) is 38.1 Å². The van der Waals surface area contributed by atoms with E-state index in [0.717, 1.165) is 39.0 Å². The molecule has 0 saturated heterocycles. The number of benzene rings is 1. The van der Waals surface area contributed by atoms with Gasteiger partial charge < -0.3 is 9.73 Å². The highest BCUT2D eigenvalue weighted by molar-refractivity contribution is 9.10. The van der Waals surface area contributed by atoms with Crippen LogP contribution < -0.4 is 5.32 Å². The van der Waals surface area contributed by atoms with Gasteiger partial charge in [0.1, 0.15) is 11.5 Å². The number of anilines is 1. The van der Waals surface area contributed by atoms with Gasteiger partial charge in [-0.05, 0) is 40.2 Å². The van der Waals surface area contributed by atoms with Gasteiger partial charge in [0.15, 0.2) is 0 Å². The summed E-state index contributed by atoms with van der Waals surface area (Å²) in [4.78, 5) is 4.47. The molecule has 0 atom stereocenters. The minimum absolute atomic E-state index is 0.664. The summed E-state index contributed by atoms with van der Waals surface area (Å²) in [5, 5.41) is 4.50. The molecule has 1 aromatic carbocycles. The van der Waals surface area contributed by atoms with Crippen LogP contribution in [-0.4, -0.2) is 4.98 Å². The van der Waals surface area contributed by atoms with Gasteiger partial charge in [0.25, 0.3) is 0 Å². The van der Waals surface area contributed by atoms with Crippen LogP contribution in [0, 0.1) is 0 Å². The van der Waals surface area contributed by atoms with Crippen molar-refractivity contribution < 1.29 is 4.42 Å². The lowest BCUT2D eigenvalue weighted by Crippen LogP contribution is -1.99. The van der Waals surface area contributed by atoms with Crippen LogP contribution in [-0.2, 0) is 13.0 Å². The first-order valence-corrected chi connectivity index (χ1v) is 7.41. The molecule has 2 heterocycles. The third-order valence-corrected chi connectivity index (χ3v) is 3.63. The summed E-state index contributed by atoms with van der Waals surface area (Å²) < 4.78 is 6.68. The lowest BCUT2D eigenvalue weighted by atomic mass is 10.2. The molecule has 0 saturated carbocycles. The molecule has 0 unspecified atom stereocenters. The SMILES string of the molecule is CCc1ccc(CNc2cccc3cc(Br)cnc23)o1. The number of halogens is 1. The summed E-state index contributed by atoms with van der Waals surface area (Å²) in [6, 6.07) is 12.2. The van der Waals surface area contributed by atoms with Crippen molar-refractivity contribution in [1.82, 2.24) is 4.98 Å². The fraction of sp³-hybridized carbons (Fsp3) is 0.188. The van der Waals surface area contributed by atoms with Gasteiger partial charge in [-0.3, -0.25) is 4.98 Å². The maximum Gasteiger partial charge on any atom is 0.123 e. The predicted molar refractivity (Wildman–Crippen MR) is 84.9 cm³/mol. The van der Waals surface area contributed by atoms with Crippen molar-refractivity contribution >= 4 is 32.5 Å². The van der Waals surface area contributed by atoms with Gasteiger partial charge in [0.05, 0.1) is 17.7 Å². The molecule has 3 nitrogen and oxygen atoms in total. The third kappa shape index (κ3) is 2.70. The maximum atomic E-state index is 5.70. The molecular weight excluding hydrogens is 316 g/mol. The van der Waals surface area contributed by atoms with E-state index in [1.807, 2.05) is 30.5 Å². The van der Waals surface area contributed by atoms with Crippen LogP contribution in [0.1, 0.15) is 18.4 Å². The molecule has 3 rings (SSSR count). The number of hydrogen-bond donors (Lipinski definition) is 1. The second kappa shape index (κ2) is 5.67. The Kier molecular flexibility index (Phi) is 3.74. The molecule has 0 aliphatic rings. The van der Waals surface area contributed by atoms with Gasteiger partial charge in [-0.1, -0.05) is 19.1 Å². The molecule has 0 aliphatic heterocycles. The van der Waals surface area contributed by atoms with Crippen molar-refractivity contribution in [2.45, 2.75) is 19.9 Å². The molecule has 20 heavy (non-hydrogen) atoms. The maximum absolute atomic E-state index is 5.70. The van der Waals surface area contributed by atoms with Crippen molar-refractivity contribution in [2.24, 2.45) is 0 Å². The molecular formula is C16H15BrN2O. The van der Waals surface area contributed by atoms with E-state index in [1.165, 1.54) is 0 Å². The molecule has 4 heteroatoms. The van der Waals surface area contributed by atoms with Crippen LogP contribution in [0.25, 0.3) is 10.9 Å². The molecule has 0 bridgehead atoms. The van der Waals surface area contributed by atoms with Crippen LogP contribution in [0.15, 0.2) is 51.5 Å². The first kappa shape index (κ1) is 13.2. The van der Waals surface area contributed by atoms with Gasteiger partial charge in [-0.15, -0.1) is 0 Å². The molecule has 0 amide bonds. The monoisotopic (exact) mass is 330 g/mol. The van der Waals surface area contributed by atoms with Gasteiger partial charge in [-0.2, -0.15) is 0 Å². The van der Waals surface area contributed by atoms with E-state index >= 15 is 0 Å². The zero-order valence-corrected chi connectivity index (χ0v) is 12.8. The number of hydrogen-bond acceptors (Lipinski definition) is 3. The average Bonchev–Trinajstić information content (AvgIpc) is 2.92. The highest BCUT2D eigenvalue weighted by atomic mass is 79.9. The number of nitrogens with one attached hydrogen (secondary N) is 1. The van der Waals surface area contributed by atoms with Crippen molar-refractivity contribution in [3.05, 3.63) is 58.6 Å². The van der Waals surface area contributed by atoms with Crippen LogP contribution in [0.3, 0.4) is 0 Å². The Balaban J connectivity index is 1.83. The minimum atomic E-state index is 0.664. The van der Waals surface area contributed by atoms with Crippen LogP contribution in [0.5, 0.6) is 0 Å². The molecule has 0 radical (unpaired) electrons. The number of pyridine rings is 1. The fourth-order valence-electron chi connectivity index (χ4n) is 2.17. The van der Waals surface area contributed by atoms with Crippen LogP contribution in [0.4, 0.5) is 5.69 Å². The standard InChI is InChI=1S/C16H15BrN2O/c1-2-13-6-7-14(20-13)10-18-15-5-3-4-11-8-12(17)9-19-16(11)15/h3-9,18H,2,10H2,1H3. The molecule has 1 N–H and O–H groups in total. The largest absolute Gasteiger partial charge is 0.464 e. The molecule has 0 spiro atoms. The summed E-state index contributed by atoms with van der Waals surface area (Å²) in [5.41, 5.74) is 1.99. The summed E-state index contributed by atoms with van der Waals surface area (Å²) in [7, 11) is 0. The Labute approximate surface area is 126 Å². The summed E-state index contributed by atoms with van der Waals surface area (Å²) in [6.45, 7) is 2.75. The van der Waals surface area contributed by atoms with Crippen LogP contribution in [0.2, 0.25) is 0 Å². The predicted octanol–water partition coefficient (Wildman–Crippen LogP) is 4.76. The highest BCUT2D eigenvalue weighted by Crippen LogP contribution is 2.24. The van der Waals surface area contributed by atoms with E-state index in [-0.39, 0.29) is 0 Å². The van der Waals surface area contributed by atoms with E-state index in [9.17, 15) is 0 Å². The van der Waals surface area contributed by atoms with E-state index < -0.39 is 0 Å². The van der Waals surface area contributed by atoms with E-state index in [1.54, 1.807) is 0 Å². The Morgan fingerprint density at radius 2 is 2.05 bits per heavy atom.